The zero-order valence-corrected chi connectivity index (χ0v) is 16.1. The van der Waals surface area contributed by atoms with Crippen molar-refractivity contribution in [3.63, 3.8) is 0 Å². The fourth-order valence-electron chi connectivity index (χ4n) is 3.50. The molecule has 0 amide bonds. The molecule has 0 N–H and O–H groups in total. The monoisotopic (exact) mass is 388 g/mol. The number of sulfone groups is 1. The van der Waals surface area contributed by atoms with Crippen molar-refractivity contribution in [2.75, 3.05) is 44.8 Å². The van der Waals surface area contributed by atoms with Crippen LogP contribution in [0.4, 0.5) is 0 Å². The molecule has 0 unspecified atom stereocenters. The lowest BCUT2D eigenvalue weighted by molar-refractivity contribution is 0.148. The first-order valence-electron chi connectivity index (χ1n) is 8.32. The number of sulfonamides is 1. The van der Waals surface area contributed by atoms with Gasteiger partial charge in [-0.15, -0.1) is 0 Å². The average Bonchev–Trinajstić information content (AvgIpc) is 2.95. The van der Waals surface area contributed by atoms with Crippen LogP contribution in [0.2, 0.25) is 0 Å². The molecule has 1 aromatic rings. The molecule has 9 heteroatoms. The Labute approximate surface area is 149 Å². The van der Waals surface area contributed by atoms with E-state index in [-0.39, 0.29) is 22.4 Å². The number of rotatable bonds is 4. The number of methoxy groups -OCH3 is 1. The molecule has 2 saturated heterocycles. The van der Waals surface area contributed by atoms with Gasteiger partial charge >= 0.3 is 0 Å². The van der Waals surface area contributed by atoms with E-state index in [1.54, 1.807) is 12.1 Å². The van der Waals surface area contributed by atoms with E-state index in [0.29, 0.717) is 38.3 Å². The molecule has 0 spiro atoms. The number of hydrogen-bond acceptors (Lipinski definition) is 6. The number of hydrogen-bond donors (Lipinski definition) is 0. The average molecular weight is 389 g/mol. The van der Waals surface area contributed by atoms with Crippen LogP contribution in [0.15, 0.2) is 23.1 Å². The molecule has 2 heterocycles. The maximum absolute atomic E-state index is 13.0. The van der Waals surface area contributed by atoms with Gasteiger partial charge in [0.15, 0.2) is 9.84 Å². The first kappa shape index (κ1) is 18.6. The van der Waals surface area contributed by atoms with Crippen molar-refractivity contribution >= 4 is 19.9 Å². The molecule has 0 aromatic heterocycles. The summed E-state index contributed by atoms with van der Waals surface area (Å²) >= 11 is 0. The molecule has 0 aliphatic carbocycles. The van der Waals surface area contributed by atoms with Crippen molar-refractivity contribution in [3.8, 4) is 5.75 Å². The lowest BCUT2D eigenvalue weighted by Crippen LogP contribution is -2.52. The summed E-state index contributed by atoms with van der Waals surface area (Å²) < 4.78 is 55.9. The van der Waals surface area contributed by atoms with Gasteiger partial charge in [-0.2, -0.15) is 4.31 Å². The first-order chi connectivity index (χ1) is 11.7. The van der Waals surface area contributed by atoms with E-state index in [1.807, 2.05) is 13.0 Å². The Bertz CT molecular complexity index is 843. The largest absolute Gasteiger partial charge is 0.495 e. The van der Waals surface area contributed by atoms with Crippen molar-refractivity contribution in [3.05, 3.63) is 23.8 Å². The van der Waals surface area contributed by atoms with Crippen LogP contribution in [0.1, 0.15) is 12.0 Å². The van der Waals surface area contributed by atoms with E-state index < -0.39 is 19.9 Å². The summed E-state index contributed by atoms with van der Waals surface area (Å²) in [6.45, 7) is 3.66. The number of ether oxygens (including phenoxy) is 1. The fraction of sp³-hybridized carbons (Fsp3) is 0.625. The van der Waals surface area contributed by atoms with Gasteiger partial charge in [-0.1, -0.05) is 6.07 Å². The minimum atomic E-state index is -3.63. The molecular weight excluding hydrogens is 364 g/mol. The highest BCUT2D eigenvalue weighted by molar-refractivity contribution is 7.91. The molecule has 140 valence electrons. The summed E-state index contributed by atoms with van der Waals surface area (Å²) in [5.41, 5.74) is 0.856. The second-order valence-electron chi connectivity index (χ2n) is 6.65. The van der Waals surface area contributed by atoms with E-state index >= 15 is 0 Å². The Morgan fingerprint density at radius 1 is 1.16 bits per heavy atom. The Balaban J connectivity index is 1.73. The Hall–Kier alpha value is -1.16. The quantitative estimate of drug-likeness (QED) is 0.747. The first-order valence-corrected chi connectivity index (χ1v) is 11.6. The van der Waals surface area contributed by atoms with E-state index in [1.165, 1.54) is 11.4 Å². The SMILES string of the molecule is COc1ccc(C)cc1S(=O)(=O)N1CCN([C@H]2CCS(=O)(=O)C2)CC1. The molecule has 0 saturated carbocycles. The standard InChI is InChI=1S/C16H24N2O5S2/c1-13-3-4-15(23-2)16(11-13)25(21,22)18-8-6-17(7-9-18)14-5-10-24(19,20)12-14/h3-4,11,14H,5-10,12H2,1-2H3/t14-/m0/s1. The smallest absolute Gasteiger partial charge is 0.246 e. The van der Waals surface area contributed by atoms with Gasteiger partial charge in [0.25, 0.3) is 0 Å². The van der Waals surface area contributed by atoms with Crippen LogP contribution >= 0.6 is 0 Å². The fourth-order valence-corrected chi connectivity index (χ4v) is 6.92. The summed E-state index contributed by atoms with van der Waals surface area (Å²) in [6, 6.07) is 5.13. The zero-order chi connectivity index (χ0) is 18.2. The van der Waals surface area contributed by atoms with Crippen LogP contribution < -0.4 is 4.74 Å². The topological polar surface area (TPSA) is 84.0 Å². The van der Waals surface area contributed by atoms with Crippen LogP contribution in [0.25, 0.3) is 0 Å². The second-order valence-corrected chi connectivity index (χ2v) is 10.8. The molecule has 3 rings (SSSR count). The van der Waals surface area contributed by atoms with Crippen molar-refractivity contribution < 1.29 is 21.6 Å². The summed E-state index contributed by atoms with van der Waals surface area (Å²) in [5, 5.41) is 0. The minimum Gasteiger partial charge on any atom is -0.495 e. The molecule has 7 nitrogen and oxygen atoms in total. The van der Waals surface area contributed by atoms with Gasteiger partial charge in [0.2, 0.25) is 10.0 Å². The highest BCUT2D eigenvalue weighted by Gasteiger charge is 2.36. The maximum Gasteiger partial charge on any atom is 0.246 e. The lowest BCUT2D eigenvalue weighted by atomic mass is 10.2. The number of nitrogens with zero attached hydrogens (tertiary/aromatic N) is 2. The third-order valence-corrected chi connectivity index (χ3v) is 8.61. The van der Waals surface area contributed by atoms with Gasteiger partial charge in [0.05, 0.1) is 18.6 Å². The molecule has 2 fully saturated rings. The summed E-state index contributed by atoms with van der Waals surface area (Å²) in [5.74, 6) is 0.761. The molecule has 0 bridgehead atoms. The molecular formula is C16H24N2O5S2. The Kier molecular flexibility index (Phi) is 5.11. The van der Waals surface area contributed by atoms with E-state index in [9.17, 15) is 16.8 Å². The highest BCUT2D eigenvalue weighted by atomic mass is 32.2. The molecule has 25 heavy (non-hydrogen) atoms. The number of aryl methyl sites for hydroxylation is 1. The maximum atomic E-state index is 13.0. The van der Waals surface area contributed by atoms with Crippen molar-refractivity contribution in [1.29, 1.82) is 0 Å². The van der Waals surface area contributed by atoms with Crippen LogP contribution in [0, 0.1) is 6.92 Å². The van der Waals surface area contributed by atoms with Gasteiger partial charge in [-0.25, -0.2) is 16.8 Å². The van der Waals surface area contributed by atoms with Crippen molar-refractivity contribution in [2.24, 2.45) is 0 Å². The molecule has 2 aliphatic rings. The lowest BCUT2D eigenvalue weighted by Gasteiger charge is -2.37. The van der Waals surface area contributed by atoms with E-state index in [4.69, 9.17) is 4.74 Å². The Morgan fingerprint density at radius 2 is 1.84 bits per heavy atom. The summed E-state index contributed by atoms with van der Waals surface area (Å²) in [6.07, 6.45) is 0.640. The predicted molar refractivity (Wildman–Crippen MR) is 95.1 cm³/mol. The number of piperazine rings is 1. The molecule has 1 aromatic carbocycles. The molecule has 2 aliphatic heterocycles. The minimum absolute atomic E-state index is 0.0170. The molecule has 1 atom stereocenters. The van der Waals surface area contributed by atoms with Gasteiger partial charge in [0.1, 0.15) is 10.6 Å². The third kappa shape index (κ3) is 3.84. The highest BCUT2D eigenvalue weighted by Crippen LogP contribution is 2.29. The van der Waals surface area contributed by atoms with Gasteiger partial charge in [-0.3, -0.25) is 4.90 Å². The summed E-state index contributed by atoms with van der Waals surface area (Å²) in [7, 11) is -5.11. The van der Waals surface area contributed by atoms with Crippen LogP contribution in [0.5, 0.6) is 5.75 Å². The van der Waals surface area contributed by atoms with Gasteiger partial charge < -0.3 is 4.74 Å². The second kappa shape index (κ2) is 6.86. The van der Waals surface area contributed by atoms with Crippen molar-refractivity contribution in [1.82, 2.24) is 9.21 Å². The van der Waals surface area contributed by atoms with Crippen LogP contribution in [-0.4, -0.2) is 76.9 Å². The van der Waals surface area contributed by atoms with Gasteiger partial charge in [0, 0.05) is 32.2 Å². The van der Waals surface area contributed by atoms with Crippen LogP contribution in [-0.2, 0) is 19.9 Å². The van der Waals surface area contributed by atoms with Crippen LogP contribution in [0.3, 0.4) is 0 Å². The number of benzene rings is 1. The third-order valence-electron chi connectivity index (χ3n) is 4.93. The molecule has 0 radical (unpaired) electrons. The normalized spacial score (nSPS) is 25.1. The van der Waals surface area contributed by atoms with E-state index in [0.717, 1.165) is 5.56 Å². The predicted octanol–water partition coefficient (Wildman–Crippen LogP) is 0.497. The van der Waals surface area contributed by atoms with E-state index in [2.05, 4.69) is 4.90 Å². The zero-order valence-electron chi connectivity index (χ0n) is 14.5. The van der Waals surface area contributed by atoms with Gasteiger partial charge in [-0.05, 0) is 31.0 Å². The van der Waals surface area contributed by atoms with Crippen molar-refractivity contribution in [2.45, 2.75) is 24.3 Å². The summed E-state index contributed by atoms with van der Waals surface area (Å²) in [4.78, 5) is 2.29. The Morgan fingerprint density at radius 3 is 2.40 bits per heavy atom.